The van der Waals surface area contributed by atoms with Crippen LogP contribution >= 0.6 is 0 Å². The summed E-state index contributed by atoms with van der Waals surface area (Å²) in [6, 6.07) is 5.47. The predicted molar refractivity (Wildman–Crippen MR) is 90.6 cm³/mol. The summed E-state index contributed by atoms with van der Waals surface area (Å²) in [7, 11) is 0. The number of amides is 2. The van der Waals surface area contributed by atoms with E-state index in [0.717, 1.165) is 12.1 Å². The number of aromatic nitrogens is 3. The van der Waals surface area contributed by atoms with Gasteiger partial charge in [0.2, 0.25) is 0 Å². The first-order valence-electron chi connectivity index (χ1n) is 8.66. The van der Waals surface area contributed by atoms with Crippen LogP contribution in [0.25, 0.3) is 5.65 Å². The van der Waals surface area contributed by atoms with Crippen molar-refractivity contribution >= 4 is 11.7 Å². The van der Waals surface area contributed by atoms with E-state index < -0.39 is 0 Å². The van der Waals surface area contributed by atoms with Crippen LogP contribution in [0.2, 0.25) is 0 Å². The standard InChI is InChI=1S/C17H25N5O2/c1-13-6-2-3-7-14(13)24-11-9-18-17(23)19-12-16-21-20-15-8-4-5-10-22(15)16/h4-5,8,10,13-14H,2-3,6-7,9,11-12H2,1H3,(H2,18,19,23). The highest BCUT2D eigenvalue weighted by atomic mass is 16.5. The monoisotopic (exact) mass is 331 g/mol. The van der Waals surface area contributed by atoms with Gasteiger partial charge >= 0.3 is 6.03 Å². The minimum Gasteiger partial charge on any atom is -0.376 e. The van der Waals surface area contributed by atoms with Gasteiger partial charge in [-0.25, -0.2) is 4.79 Å². The number of carbonyl (C=O) groups is 1. The van der Waals surface area contributed by atoms with Gasteiger partial charge in [-0.2, -0.15) is 0 Å². The lowest BCUT2D eigenvalue weighted by molar-refractivity contribution is -0.00243. The quantitative estimate of drug-likeness (QED) is 0.795. The molecule has 0 spiro atoms. The molecule has 2 aromatic heterocycles. The molecule has 0 saturated heterocycles. The molecule has 2 N–H and O–H groups in total. The van der Waals surface area contributed by atoms with E-state index in [1.165, 1.54) is 19.3 Å². The lowest BCUT2D eigenvalue weighted by Crippen LogP contribution is -2.38. The summed E-state index contributed by atoms with van der Waals surface area (Å²) >= 11 is 0. The minimum atomic E-state index is -0.219. The van der Waals surface area contributed by atoms with Crippen molar-refractivity contribution in [1.82, 2.24) is 25.2 Å². The Morgan fingerprint density at radius 1 is 1.29 bits per heavy atom. The van der Waals surface area contributed by atoms with Gasteiger partial charge in [-0.1, -0.05) is 25.8 Å². The number of ether oxygens (including phenoxy) is 1. The third-order valence-corrected chi connectivity index (χ3v) is 4.54. The average Bonchev–Trinajstić information content (AvgIpc) is 3.01. The molecule has 24 heavy (non-hydrogen) atoms. The lowest BCUT2D eigenvalue weighted by atomic mass is 9.88. The van der Waals surface area contributed by atoms with Gasteiger partial charge in [0.25, 0.3) is 0 Å². The Morgan fingerprint density at radius 2 is 2.17 bits per heavy atom. The van der Waals surface area contributed by atoms with Crippen LogP contribution in [0.5, 0.6) is 0 Å². The van der Waals surface area contributed by atoms with Crippen LogP contribution < -0.4 is 10.6 Å². The van der Waals surface area contributed by atoms with Crippen LogP contribution in [-0.4, -0.2) is 39.9 Å². The summed E-state index contributed by atoms with van der Waals surface area (Å²) in [6.45, 7) is 3.64. The highest BCUT2D eigenvalue weighted by molar-refractivity contribution is 5.73. The summed E-state index contributed by atoms with van der Waals surface area (Å²) in [4.78, 5) is 11.9. The Balaban J connectivity index is 1.35. The first-order valence-corrected chi connectivity index (χ1v) is 8.66. The number of pyridine rings is 1. The predicted octanol–water partition coefficient (Wildman–Crippen LogP) is 2.12. The van der Waals surface area contributed by atoms with Crippen LogP contribution in [0, 0.1) is 5.92 Å². The van der Waals surface area contributed by atoms with Crippen LogP contribution in [0.4, 0.5) is 4.79 Å². The molecular weight excluding hydrogens is 306 g/mol. The zero-order valence-corrected chi connectivity index (χ0v) is 14.1. The summed E-state index contributed by atoms with van der Waals surface area (Å²) in [5, 5.41) is 13.7. The number of carbonyl (C=O) groups excluding carboxylic acids is 1. The van der Waals surface area contributed by atoms with Crippen molar-refractivity contribution in [3.8, 4) is 0 Å². The fraction of sp³-hybridized carbons (Fsp3) is 0.588. The summed E-state index contributed by atoms with van der Waals surface area (Å²) in [5.41, 5.74) is 0.768. The largest absolute Gasteiger partial charge is 0.376 e. The molecular formula is C17H25N5O2. The van der Waals surface area contributed by atoms with Crippen molar-refractivity contribution in [2.75, 3.05) is 13.2 Å². The number of hydrogen-bond acceptors (Lipinski definition) is 4. The minimum absolute atomic E-state index is 0.219. The zero-order chi connectivity index (χ0) is 16.8. The number of rotatable bonds is 6. The smallest absolute Gasteiger partial charge is 0.315 e. The van der Waals surface area contributed by atoms with Crippen LogP contribution in [0.15, 0.2) is 24.4 Å². The molecule has 1 fully saturated rings. The highest BCUT2D eigenvalue weighted by Gasteiger charge is 2.21. The lowest BCUT2D eigenvalue weighted by Gasteiger charge is -2.28. The maximum atomic E-state index is 11.9. The van der Waals surface area contributed by atoms with Crippen molar-refractivity contribution in [3.05, 3.63) is 30.2 Å². The highest BCUT2D eigenvalue weighted by Crippen LogP contribution is 2.25. The van der Waals surface area contributed by atoms with E-state index in [9.17, 15) is 4.79 Å². The van der Waals surface area contributed by atoms with Gasteiger partial charge in [-0.15, -0.1) is 10.2 Å². The second-order valence-electron chi connectivity index (χ2n) is 6.33. The van der Waals surface area contributed by atoms with E-state index in [1.54, 1.807) is 0 Å². The molecule has 2 aromatic rings. The van der Waals surface area contributed by atoms with Crippen LogP contribution in [-0.2, 0) is 11.3 Å². The van der Waals surface area contributed by atoms with Gasteiger partial charge in [0.15, 0.2) is 11.5 Å². The third-order valence-electron chi connectivity index (χ3n) is 4.54. The molecule has 0 bridgehead atoms. The van der Waals surface area contributed by atoms with Crippen LogP contribution in [0.1, 0.15) is 38.4 Å². The molecule has 3 rings (SSSR count). The fourth-order valence-electron chi connectivity index (χ4n) is 3.14. The van der Waals surface area contributed by atoms with Gasteiger partial charge in [-0.05, 0) is 30.9 Å². The molecule has 2 amide bonds. The SMILES string of the molecule is CC1CCCCC1OCCNC(=O)NCc1nnc2ccccn12. The second kappa shape index (κ2) is 8.10. The first kappa shape index (κ1) is 16.7. The van der Waals surface area contributed by atoms with Gasteiger partial charge in [0.1, 0.15) is 0 Å². The molecule has 7 nitrogen and oxygen atoms in total. The van der Waals surface area contributed by atoms with E-state index in [4.69, 9.17) is 4.74 Å². The third kappa shape index (κ3) is 4.23. The molecule has 2 atom stereocenters. The van der Waals surface area contributed by atoms with Crippen molar-refractivity contribution < 1.29 is 9.53 Å². The Hall–Kier alpha value is -2.15. The van der Waals surface area contributed by atoms with E-state index in [-0.39, 0.29) is 6.03 Å². The van der Waals surface area contributed by atoms with Crippen molar-refractivity contribution in [3.63, 3.8) is 0 Å². The van der Waals surface area contributed by atoms with Crippen LogP contribution in [0.3, 0.4) is 0 Å². The molecule has 1 aliphatic carbocycles. The molecule has 0 aromatic carbocycles. The molecule has 1 aliphatic rings. The van der Waals surface area contributed by atoms with E-state index in [2.05, 4.69) is 27.8 Å². The summed E-state index contributed by atoms with van der Waals surface area (Å²) in [6.07, 6.45) is 7.14. The molecule has 130 valence electrons. The molecule has 1 saturated carbocycles. The molecule has 0 aliphatic heterocycles. The maximum Gasteiger partial charge on any atom is 0.315 e. The van der Waals surface area contributed by atoms with E-state index in [0.29, 0.717) is 37.5 Å². The number of nitrogens with one attached hydrogen (secondary N) is 2. The second-order valence-corrected chi connectivity index (χ2v) is 6.33. The summed E-state index contributed by atoms with van der Waals surface area (Å²) < 4.78 is 7.74. The summed E-state index contributed by atoms with van der Waals surface area (Å²) in [5.74, 6) is 1.32. The van der Waals surface area contributed by atoms with E-state index in [1.807, 2.05) is 28.8 Å². The Morgan fingerprint density at radius 3 is 3.04 bits per heavy atom. The topological polar surface area (TPSA) is 80.5 Å². The van der Waals surface area contributed by atoms with Gasteiger partial charge in [0.05, 0.1) is 19.3 Å². The average molecular weight is 331 g/mol. The molecule has 0 radical (unpaired) electrons. The van der Waals surface area contributed by atoms with Crippen molar-refractivity contribution in [2.45, 2.75) is 45.3 Å². The first-order chi connectivity index (χ1) is 11.7. The molecule has 7 heteroatoms. The Labute approximate surface area is 141 Å². The maximum absolute atomic E-state index is 11.9. The Bertz CT molecular complexity index is 672. The van der Waals surface area contributed by atoms with Gasteiger partial charge < -0.3 is 15.4 Å². The normalized spacial score (nSPS) is 20.9. The van der Waals surface area contributed by atoms with Gasteiger partial charge in [0, 0.05) is 12.7 Å². The van der Waals surface area contributed by atoms with Gasteiger partial charge in [-0.3, -0.25) is 4.40 Å². The number of hydrogen-bond donors (Lipinski definition) is 2. The number of fused-ring (bicyclic) bond motifs is 1. The Kier molecular flexibility index (Phi) is 5.63. The van der Waals surface area contributed by atoms with Crippen molar-refractivity contribution in [2.24, 2.45) is 5.92 Å². The molecule has 2 unspecified atom stereocenters. The van der Waals surface area contributed by atoms with Crippen molar-refractivity contribution in [1.29, 1.82) is 0 Å². The number of urea groups is 1. The number of nitrogens with zero attached hydrogens (tertiary/aromatic N) is 3. The molecule has 2 heterocycles. The fourth-order valence-corrected chi connectivity index (χ4v) is 3.14. The zero-order valence-electron chi connectivity index (χ0n) is 14.1. The van der Waals surface area contributed by atoms with E-state index >= 15 is 0 Å².